The van der Waals surface area contributed by atoms with Crippen LogP contribution in [0.4, 0.5) is 0 Å². The molecule has 0 saturated carbocycles. The Hall–Kier alpha value is -0.800. The van der Waals surface area contributed by atoms with E-state index in [2.05, 4.69) is 20.8 Å². The molecule has 0 unspecified atom stereocenters. The van der Waals surface area contributed by atoms with Crippen molar-refractivity contribution in [3.05, 3.63) is 0 Å². The lowest BCUT2D eigenvalue weighted by Gasteiger charge is -2.08. The summed E-state index contributed by atoms with van der Waals surface area (Å²) in [6, 6.07) is 0. The van der Waals surface area contributed by atoms with Crippen LogP contribution in [-0.4, -0.2) is 45.6 Å². The summed E-state index contributed by atoms with van der Waals surface area (Å²) in [6.45, 7) is 8.67. The van der Waals surface area contributed by atoms with Crippen molar-refractivity contribution in [1.29, 1.82) is 0 Å². The molecule has 0 saturated heterocycles. The summed E-state index contributed by atoms with van der Waals surface area (Å²) < 4.78 is 1.47. The van der Waals surface area contributed by atoms with Crippen LogP contribution in [0.15, 0.2) is 8.68 Å². The van der Waals surface area contributed by atoms with E-state index in [-0.39, 0.29) is 22.3 Å². The van der Waals surface area contributed by atoms with E-state index in [0.29, 0.717) is 13.1 Å². The Labute approximate surface area is 137 Å². The van der Waals surface area contributed by atoms with Gasteiger partial charge in [-0.3, -0.25) is 9.59 Å². The van der Waals surface area contributed by atoms with Crippen molar-refractivity contribution in [1.82, 2.24) is 20.8 Å². The van der Waals surface area contributed by atoms with Gasteiger partial charge in [0.2, 0.25) is 11.8 Å². The number of thioether (sulfide) groups is 2. The van der Waals surface area contributed by atoms with Crippen LogP contribution in [0.5, 0.6) is 0 Å². The molecule has 1 aromatic rings. The van der Waals surface area contributed by atoms with Crippen LogP contribution >= 0.6 is 34.9 Å². The summed E-state index contributed by atoms with van der Waals surface area (Å²) >= 11 is 4.16. The predicted molar refractivity (Wildman–Crippen MR) is 87.9 cm³/mol. The number of hydrogen-bond donors (Lipinski definition) is 2. The highest BCUT2D eigenvalue weighted by molar-refractivity contribution is 8.04. The molecule has 118 valence electrons. The molecular weight excluding hydrogens is 328 g/mol. The number of carbonyl (C=O) groups is 2. The Balaban J connectivity index is 2.53. The average Bonchev–Trinajstić information content (AvgIpc) is 2.86. The lowest BCUT2D eigenvalue weighted by atomic mass is 10.4. The second kappa shape index (κ2) is 9.26. The van der Waals surface area contributed by atoms with Crippen molar-refractivity contribution in [3.8, 4) is 0 Å². The van der Waals surface area contributed by atoms with Gasteiger partial charge in [0, 0.05) is 13.1 Å². The van der Waals surface area contributed by atoms with E-state index in [1.54, 1.807) is 0 Å². The number of rotatable bonds is 8. The average molecular weight is 349 g/mol. The first-order chi connectivity index (χ1) is 9.97. The summed E-state index contributed by atoms with van der Waals surface area (Å²) in [4.78, 5) is 23.3. The maximum atomic E-state index is 11.7. The van der Waals surface area contributed by atoms with E-state index in [4.69, 9.17) is 0 Å². The molecule has 1 rings (SSSR count). The number of hydrogen-bond acceptors (Lipinski definition) is 7. The van der Waals surface area contributed by atoms with E-state index in [1.165, 1.54) is 34.9 Å². The fourth-order valence-electron chi connectivity index (χ4n) is 1.34. The molecule has 0 aromatic carbocycles. The minimum atomic E-state index is -0.212. The van der Waals surface area contributed by atoms with Gasteiger partial charge < -0.3 is 10.6 Å². The number of carbonyl (C=O) groups excluding carboxylic acids is 2. The molecule has 9 heteroatoms. The third-order valence-corrected chi connectivity index (χ3v) is 5.68. The topological polar surface area (TPSA) is 84.0 Å². The second-order valence-corrected chi connectivity index (χ2v) is 8.30. The van der Waals surface area contributed by atoms with Gasteiger partial charge in [-0.1, -0.05) is 34.9 Å². The Kier molecular flexibility index (Phi) is 8.05. The maximum absolute atomic E-state index is 11.7. The summed E-state index contributed by atoms with van der Waals surface area (Å²) in [5, 5.41) is 13.2. The summed E-state index contributed by atoms with van der Waals surface area (Å²) in [5.41, 5.74) is 0. The molecule has 1 aromatic heterocycles. The van der Waals surface area contributed by atoms with Gasteiger partial charge in [0.1, 0.15) is 0 Å². The molecule has 0 aliphatic carbocycles. The summed E-state index contributed by atoms with van der Waals surface area (Å²) in [6.07, 6.45) is 0. The Morgan fingerprint density at radius 1 is 1.00 bits per heavy atom. The highest BCUT2D eigenvalue weighted by atomic mass is 32.2. The fraction of sp³-hybridized carbons (Fsp3) is 0.667. The molecule has 1 heterocycles. The zero-order valence-corrected chi connectivity index (χ0v) is 15.0. The normalized spacial score (nSPS) is 13.5. The van der Waals surface area contributed by atoms with E-state index in [9.17, 15) is 9.59 Å². The second-order valence-electron chi connectivity index (χ2n) is 4.14. The van der Waals surface area contributed by atoms with Crippen LogP contribution < -0.4 is 10.6 Å². The van der Waals surface area contributed by atoms with Crippen molar-refractivity contribution in [2.24, 2.45) is 0 Å². The lowest BCUT2D eigenvalue weighted by molar-refractivity contribution is -0.121. The minimum absolute atomic E-state index is 0.0115. The van der Waals surface area contributed by atoms with Crippen LogP contribution in [0.1, 0.15) is 27.7 Å². The molecule has 6 nitrogen and oxygen atoms in total. The molecule has 21 heavy (non-hydrogen) atoms. The summed E-state index contributed by atoms with van der Waals surface area (Å²) in [7, 11) is 0. The minimum Gasteiger partial charge on any atom is -0.355 e. The first-order valence-corrected chi connectivity index (χ1v) is 9.27. The highest BCUT2D eigenvalue weighted by Gasteiger charge is 2.19. The van der Waals surface area contributed by atoms with Crippen LogP contribution in [0.2, 0.25) is 0 Å². The number of aromatic nitrogens is 2. The molecular formula is C12H20N4O2S3. The van der Waals surface area contributed by atoms with Crippen LogP contribution in [0.3, 0.4) is 0 Å². The monoisotopic (exact) mass is 348 g/mol. The molecule has 2 amide bonds. The van der Waals surface area contributed by atoms with Crippen LogP contribution in [-0.2, 0) is 9.59 Å². The van der Waals surface area contributed by atoms with Crippen molar-refractivity contribution >= 4 is 46.7 Å². The van der Waals surface area contributed by atoms with Gasteiger partial charge >= 0.3 is 0 Å². The standard InChI is InChI=1S/C12H20N4O2S3/c1-5-13-9(17)7(3)19-11-15-16-12(21-11)20-8(4)10(18)14-6-2/h7-8H,5-6H2,1-4H3,(H,13,17)(H,14,18)/t7-,8-/m0/s1. The molecule has 0 fully saturated rings. The molecule has 2 atom stereocenters. The molecule has 0 bridgehead atoms. The third kappa shape index (κ3) is 6.23. The zero-order valence-electron chi connectivity index (χ0n) is 12.5. The first kappa shape index (κ1) is 18.2. The molecule has 0 radical (unpaired) electrons. The van der Waals surface area contributed by atoms with Crippen molar-refractivity contribution in [2.45, 2.75) is 46.9 Å². The van der Waals surface area contributed by atoms with Gasteiger partial charge in [0.25, 0.3) is 0 Å². The quantitative estimate of drug-likeness (QED) is 0.697. The number of amides is 2. The predicted octanol–water partition coefficient (Wildman–Crippen LogP) is 1.77. The third-order valence-electron chi connectivity index (χ3n) is 2.38. The van der Waals surface area contributed by atoms with Gasteiger partial charge in [-0.2, -0.15) is 0 Å². The van der Waals surface area contributed by atoms with Gasteiger partial charge in [-0.25, -0.2) is 0 Å². The lowest BCUT2D eigenvalue weighted by Crippen LogP contribution is -2.30. The summed E-state index contributed by atoms with van der Waals surface area (Å²) in [5.74, 6) is -0.0230. The van der Waals surface area contributed by atoms with Gasteiger partial charge in [-0.15, -0.1) is 10.2 Å². The van der Waals surface area contributed by atoms with E-state index >= 15 is 0 Å². The Morgan fingerprint density at radius 3 is 1.71 bits per heavy atom. The van der Waals surface area contributed by atoms with Crippen molar-refractivity contribution in [2.75, 3.05) is 13.1 Å². The van der Waals surface area contributed by atoms with Gasteiger partial charge in [0.05, 0.1) is 10.5 Å². The largest absolute Gasteiger partial charge is 0.355 e. The number of nitrogens with zero attached hydrogens (tertiary/aromatic N) is 2. The molecule has 0 aliphatic heterocycles. The van der Waals surface area contributed by atoms with Crippen LogP contribution in [0, 0.1) is 0 Å². The van der Waals surface area contributed by atoms with Crippen molar-refractivity contribution < 1.29 is 9.59 Å². The van der Waals surface area contributed by atoms with Gasteiger partial charge in [-0.05, 0) is 27.7 Å². The SMILES string of the molecule is CCNC(=O)[C@H](C)Sc1nnc(S[C@@H](C)C(=O)NCC)s1. The smallest absolute Gasteiger partial charge is 0.233 e. The van der Waals surface area contributed by atoms with E-state index < -0.39 is 0 Å². The molecule has 2 N–H and O–H groups in total. The number of nitrogens with one attached hydrogen (secondary N) is 2. The highest BCUT2D eigenvalue weighted by Crippen LogP contribution is 2.33. The Morgan fingerprint density at radius 2 is 1.38 bits per heavy atom. The maximum Gasteiger partial charge on any atom is 0.233 e. The molecule has 0 spiro atoms. The van der Waals surface area contributed by atoms with Gasteiger partial charge in [0.15, 0.2) is 8.68 Å². The molecule has 0 aliphatic rings. The fourth-order valence-corrected chi connectivity index (χ4v) is 4.69. The van der Waals surface area contributed by atoms with E-state index in [0.717, 1.165) is 8.68 Å². The van der Waals surface area contributed by atoms with Crippen molar-refractivity contribution in [3.63, 3.8) is 0 Å². The Bertz CT molecular complexity index is 440. The van der Waals surface area contributed by atoms with Crippen LogP contribution in [0.25, 0.3) is 0 Å². The zero-order chi connectivity index (χ0) is 15.8. The van der Waals surface area contributed by atoms with E-state index in [1.807, 2.05) is 27.7 Å². The first-order valence-electron chi connectivity index (χ1n) is 6.70.